The van der Waals surface area contributed by atoms with Crippen molar-refractivity contribution in [1.29, 1.82) is 0 Å². The van der Waals surface area contributed by atoms with Crippen LogP contribution >= 0.6 is 0 Å². The Morgan fingerprint density at radius 2 is 1.79 bits per heavy atom. The second-order valence-corrected chi connectivity index (χ2v) is 4.35. The molecule has 0 radical (unpaired) electrons. The van der Waals surface area contributed by atoms with Gasteiger partial charge in [0.05, 0.1) is 13.2 Å². The van der Waals surface area contributed by atoms with Crippen LogP contribution in [0.5, 0.6) is 11.5 Å². The molecule has 0 aliphatic carbocycles. The molecule has 19 heavy (non-hydrogen) atoms. The molecule has 1 N–H and O–H groups in total. The van der Waals surface area contributed by atoms with Crippen molar-refractivity contribution in [1.82, 2.24) is 0 Å². The minimum absolute atomic E-state index is 0.354. The summed E-state index contributed by atoms with van der Waals surface area (Å²) in [5.41, 5.74) is 1.04. The molecule has 0 aromatic heterocycles. The Morgan fingerprint density at radius 3 is 2.42 bits per heavy atom. The van der Waals surface area contributed by atoms with Crippen LogP contribution < -0.4 is 14.8 Å². The van der Waals surface area contributed by atoms with E-state index in [0.29, 0.717) is 19.3 Å². The normalized spacial score (nSPS) is 12.0. The van der Waals surface area contributed by atoms with Crippen molar-refractivity contribution >= 4 is 5.69 Å². The molecule has 0 fully saturated rings. The predicted molar refractivity (Wildman–Crippen MR) is 78.4 cm³/mol. The van der Waals surface area contributed by atoms with Gasteiger partial charge in [0, 0.05) is 31.5 Å². The SMILES string of the molecule is CCOc1ccc(NC(C)CCOC)cc1OCC. The molecule has 108 valence electrons. The van der Waals surface area contributed by atoms with Gasteiger partial charge in [0.1, 0.15) is 0 Å². The number of anilines is 1. The summed E-state index contributed by atoms with van der Waals surface area (Å²) < 4.78 is 16.2. The lowest BCUT2D eigenvalue weighted by molar-refractivity contribution is 0.191. The zero-order chi connectivity index (χ0) is 14.1. The molecule has 1 aromatic rings. The Hall–Kier alpha value is -1.42. The first-order chi connectivity index (χ1) is 9.21. The van der Waals surface area contributed by atoms with Crippen molar-refractivity contribution in [3.8, 4) is 11.5 Å². The Bertz CT molecular complexity index is 368. The second-order valence-electron chi connectivity index (χ2n) is 4.35. The highest BCUT2D eigenvalue weighted by atomic mass is 16.5. The summed E-state index contributed by atoms with van der Waals surface area (Å²) in [6, 6.07) is 6.29. The first-order valence-corrected chi connectivity index (χ1v) is 6.86. The number of hydrogen-bond donors (Lipinski definition) is 1. The molecule has 0 saturated carbocycles. The van der Waals surface area contributed by atoms with E-state index in [1.165, 1.54) is 0 Å². The monoisotopic (exact) mass is 267 g/mol. The van der Waals surface area contributed by atoms with Crippen molar-refractivity contribution < 1.29 is 14.2 Å². The number of rotatable bonds is 9. The third-order valence-electron chi connectivity index (χ3n) is 2.71. The van der Waals surface area contributed by atoms with Gasteiger partial charge in [0.2, 0.25) is 0 Å². The van der Waals surface area contributed by atoms with Crippen molar-refractivity contribution in [2.45, 2.75) is 33.2 Å². The lowest BCUT2D eigenvalue weighted by Gasteiger charge is -2.17. The topological polar surface area (TPSA) is 39.7 Å². The summed E-state index contributed by atoms with van der Waals surface area (Å²) in [6.45, 7) is 8.09. The van der Waals surface area contributed by atoms with E-state index in [9.17, 15) is 0 Å². The zero-order valence-corrected chi connectivity index (χ0v) is 12.4. The highest BCUT2D eigenvalue weighted by molar-refractivity contribution is 5.55. The standard InChI is InChI=1S/C15H25NO3/c1-5-18-14-8-7-13(11-15(14)19-6-2)16-12(3)9-10-17-4/h7-8,11-12,16H,5-6,9-10H2,1-4H3. The zero-order valence-electron chi connectivity index (χ0n) is 12.4. The summed E-state index contributed by atoms with van der Waals surface area (Å²) in [7, 11) is 1.72. The molecule has 0 heterocycles. The predicted octanol–water partition coefficient (Wildman–Crippen LogP) is 3.32. The average molecular weight is 267 g/mol. The van der Waals surface area contributed by atoms with Crippen molar-refractivity contribution in [3.63, 3.8) is 0 Å². The van der Waals surface area contributed by atoms with Gasteiger partial charge in [-0.1, -0.05) is 0 Å². The van der Waals surface area contributed by atoms with Crippen LogP contribution in [0.25, 0.3) is 0 Å². The van der Waals surface area contributed by atoms with E-state index >= 15 is 0 Å². The van der Waals surface area contributed by atoms with Gasteiger partial charge in [-0.25, -0.2) is 0 Å². The molecule has 1 unspecified atom stereocenters. The average Bonchev–Trinajstić information content (AvgIpc) is 2.40. The minimum Gasteiger partial charge on any atom is -0.490 e. The molecule has 1 aromatic carbocycles. The van der Waals surface area contributed by atoms with E-state index in [4.69, 9.17) is 14.2 Å². The van der Waals surface area contributed by atoms with Gasteiger partial charge in [-0.15, -0.1) is 0 Å². The minimum atomic E-state index is 0.354. The third kappa shape index (κ3) is 5.39. The molecule has 4 heteroatoms. The Kier molecular flexibility index (Phi) is 7.11. The molecule has 1 atom stereocenters. The van der Waals surface area contributed by atoms with Gasteiger partial charge in [-0.2, -0.15) is 0 Å². The van der Waals surface area contributed by atoms with Crippen LogP contribution in [0.15, 0.2) is 18.2 Å². The second kappa shape index (κ2) is 8.64. The molecule has 0 spiro atoms. The summed E-state index contributed by atoms with van der Waals surface area (Å²) in [5, 5.41) is 3.43. The highest BCUT2D eigenvalue weighted by Crippen LogP contribution is 2.30. The highest BCUT2D eigenvalue weighted by Gasteiger charge is 2.08. The maximum absolute atomic E-state index is 5.60. The molecule has 1 rings (SSSR count). The summed E-state index contributed by atoms with van der Waals surface area (Å²) in [6.07, 6.45) is 0.966. The molecular weight excluding hydrogens is 242 g/mol. The molecular formula is C15H25NO3. The van der Waals surface area contributed by atoms with Crippen molar-refractivity contribution in [3.05, 3.63) is 18.2 Å². The van der Waals surface area contributed by atoms with Crippen LogP contribution in [0.3, 0.4) is 0 Å². The Balaban J connectivity index is 2.71. The Morgan fingerprint density at radius 1 is 1.11 bits per heavy atom. The molecule has 0 aliphatic rings. The van der Waals surface area contributed by atoms with Crippen molar-refractivity contribution in [2.75, 3.05) is 32.2 Å². The Labute approximate surface area is 116 Å². The van der Waals surface area contributed by atoms with E-state index in [1.54, 1.807) is 7.11 Å². The number of ether oxygens (including phenoxy) is 3. The fraction of sp³-hybridized carbons (Fsp3) is 0.600. The van der Waals surface area contributed by atoms with Gasteiger partial charge in [0.25, 0.3) is 0 Å². The van der Waals surface area contributed by atoms with Crippen LogP contribution in [0.1, 0.15) is 27.2 Å². The van der Waals surface area contributed by atoms with Crippen LogP contribution in [0.2, 0.25) is 0 Å². The van der Waals surface area contributed by atoms with Crippen LogP contribution in [-0.2, 0) is 4.74 Å². The summed E-state index contributed by atoms with van der Waals surface area (Å²) in [5.74, 6) is 1.58. The van der Waals surface area contributed by atoms with Crippen LogP contribution in [-0.4, -0.2) is 33.0 Å². The fourth-order valence-electron chi connectivity index (χ4n) is 1.79. The largest absolute Gasteiger partial charge is 0.490 e. The van der Waals surface area contributed by atoms with Crippen LogP contribution in [0.4, 0.5) is 5.69 Å². The fourth-order valence-corrected chi connectivity index (χ4v) is 1.79. The number of benzene rings is 1. The van der Waals surface area contributed by atoms with Gasteiger partial charge in [0.15, 0.2) is 11.5 Å². The van der Waals surface area contributed by atoms with Gasteiger partial charge >= 0.3 is 0 Å². The van der Waals surface area contributed by atoms with Gasteiger partial charge in [-0.3, -0.25) is 0 Å². The number of methoxy groups -OCH3 is 1. The van der Waals surface area contributed by atoms with Crippen LogP contribution in [0, 0.1) is 0 Å². The number of nitrogens with one attached hydrogen (secondary N) is 1. The van der Waals surface area contributed by atoms with Gasteiger partial charge in [-0.05, 0) is 39.3 Å². The molecule has 4 nitrogen and oxygen atoms in total. The molecule has 0 aliphatic heterocycles. The van der Waals surface area contributed by atoms with Gasteiger partial charge < -0.3 is 19.5 Å². The first-order valence-electron chi connectivity index (χ1n) is 6.86. The number of hydrogen-bond acceptors (Lipinski definition) is 4. The lowest BCUT2D eigenvalue weighted by atomic mass is 10.2. The summed E-state index contributed by atoms with van der Waals surface area (Å²) in [4.78, 5) is 0. The van der Waals surface area contributed by atoms with Crippen molar-refractivity contribution in [2.24, 2.45) is 0 Å². The van der Waals surface area contributed by atoms with E-state index < -0.39 is 0 Å². The van der Waals surface area contributed by atoms with E-state index in [1.807, 2.05) is 32.0 Å². The quantitative estimate of drug-likeness (QED) is 0.745. The third-order valence-corrected chi connectivity index (χ3v) is 2.71. The van der Waals surface area contributed by atoms with E-state index in [-0.39, 0.29) is 0 Å². The van der Waals surface area contributed by atoms with E-state index in [2.05, 4.69) is 12.2 Å². The first kappa shape index (κ1) is 15.6. The maximum Gasteiger partial charge on any atom is 0.163 e. The molecule has 0 amide bonds. The molecule has 0 saturated heterocycles. The summed E-state index contributed by atoms with van der Waals surface area (Å²) >= 11 is 0. The maximum atomic E-state index is 5.60. The molecule has 0 bridgehead atoms. The van der Waals surface area contributed by atoms with E-state index in [0.717, 1.165) is 30.2 Å². The smallest absolute Gasteiger partial charge is 0.163 e. The lowest BCUT2D eigenvalue weighted by Crippen LogP contribution is -2.17.